The van der Waals surface area contributed by atoms with Crippen LogP contribution in [0, 0.1) is 0 Å². The van der Waals surface area contributed by atoms with Crippen LogP contribution in [0.3, 0.4) is 0 Å². The number of hydrogen-bond donors (Lipinski definition) is 2. The quantitative estimate of drug-likeness (QED) is 0.773. The maximum Gasteiger partial charge on any atom is 0.222 e. The molecule has 4 rings (SSSR count). The number of nitrogens with one attached hydrogen (secondary N) is 1. The van der Waals surface area contributed by atoms with Gasteiger partial charge in [0, 0.05) is 44.1 Å². The number of rotatable bonds is 6. The second-order valence-corrected chi connectivity index (χ2v) is 6.65. The fraction of sp³-hybridized carbons (Fsp3) is 0.421. The summed E-state index contributed by atoms with van der Waals surface area (Å²) in [6.07, 6.45) is 3.45. The Hall–Kier alpha value is -2.83. The average molecular weight is 353 g/mol. The lowest BCUT2D eigenvalue weighted by atomic mass is 10.1. The smallest absolute Gasteiger partial charge is 0.222 e. The third kappa shape index (κ3) is 3.42. The Bertz CT molecular complexity index is 824. The predicted molar refractivity (Wildman–Crippen MR) is 100 cm³/mol. The van der Waals surface area contributed by atoms with Gasteiger partial charge in [0.25, 0.3) is 0 Å². The van der Waals surface area contributed by atoms with Gasteiger partial charge in [-0.3, -0.25) is 4.79 Å². The van der Waals surface area contributed by atoms with Gasteiger partial charge in [-0.2, -0.15) is 4.98 Å². The Balaban J connectivity index is 1.43. The van der Waals surface area contributed by atoms with Gasteiger partial charge in [-0.15, -0.1) is 0 Å². The van der Waals surface area contributed by atoms with E-state index >= 15 is 0 Å². The van der Waals surface area contributed by atoms with Crippen LogP contribution in [0.2, 0.25) is 0 Å². The second kappa shape index (κ2) is 7.19. The van der Waals surface area contributed by atoms with Crippen molar-refractivity contribution in [2.45, 2.75) is 25.7 Å². The highest BCUT2D eigenvalue weighted by Crippen LogP contribution is 2.36. The lowest BCUT2D eigenvalue weighted by Crippen LogP contribution is -2.27. The maximum atomic E-state index is 11.6. The van der Waals surface area contributed by atoms with Gasteiger partial charge in [-0.1, -0.05) is 12.1 Å². The summed E-state index contributed by atoms with van der Waals surface area (Å²) in [5.41, 5.74) is 8.81. The van der Waals surface area contributed by atoms with E-state index in [-0.39, 0.29) is 11.9 Å². The van der Waals surface area contributed by atoms with Crippen molar-refractivity contribution in [2.24, 2.45) is 0 Å². The van der Waals surface area contributed by atoms with Gasteiger partial charge in [0.15, 0.2) is 0 Å². The van der Waals surface area contributed by atoms with Gasteiger partial charge in [0.2, 0.25) is 11.9 Å². The van der Waals surface area contributed by atoms with Gasteiger partial charge in [0.1, 0.15) is 11.6 Å². The Kier molecular flexibility index (Phi) is 4.60. The Morgan fingerprint density at radius 2 is 2.19 bits per heavy atom. The van der Waals surface area contributed by atoms with E-state index < -0.39 is 0 Å². The molecule has 0 aliphatic carbocycles. The largest absolute Gasteiger partial charge is 0.492 e. The predicted octanol–water partition coefficient (Wildman–Crippen LogP) is 2.09. The van der Waals surface area contributed by atoms with Crippen molar-refractivity contribution >= 4 is 17.7 Å². The van der Waals surface area contributed by atoms with E-state index in [1.807, 2.05) is 23.1 Å². The molecule has 0 atom stereocenters. The van der Waals surface area contributed by atoms with Crippen molar-refractivity contribution < 1.29 is 9.53 Å². The molecule has 26 heavy (non-hydrogen) atoms. The molecule has 1 aromatic carbocycles. The zero-order valence-electron chi connectivity index (χ0n) is 14.7. The highest BCUT2D eigenvalue weighted by atomic mass is 16.5. The minimum atomic E-state index is 0.232. The molecule has 3 heterocycles. The first kappa shape index (κ1) is 16.6. The van der Waals surface area contributed by atoms with E-state index in [2.05, 4.69) is 21.4 Å². The molecular weight excluding hydrogens is 330 g/mol. The molecule has 1 saturated heterocycles. The van der Waals surface area contributed by atoms with Crippen molar-refractivity contribution in [3.05, 3.63) is 29.8 Å². The first-order chi connectivity index (χ1) is 12.7. The summed E-state index contributed by atoms with van der Waals surface area (Å²) in [5, 5.41) is 3.29. The summed E-state index contributed by atoms with van der Waals surface area (Å²) in [6.45, 7) is 3.08. The van der Waals surface area contributed by atoms with Crippen molar-refractivity contribution in [3.8, 4) is 17.0 Å². The normalized spacial score (nSPS) is 15.8. The Labute approximate surface area is 152 Å². The van der Waals surface area contributed by atoms with Crippen LogP contribution in [0.1, 0.15) is 24.8 Å². The first-order valence-corrected chi connectivity index (χ1v) is 9.12. The molecule has 2 aromatic rings. The topological polar surface area (TPSA) is 93.4 Å². The van der Waals surface area contributed by atoms with Crippen molar-refractivity contribution in [1.29, 1.82) is 0 Å². The van der Waals surface area contributed by atoms with E-state index in [1.165, 1.54) is 5.56 Å². The minimum absolute atomic E-state index is 0.232. The number of benzene rings is 1. The number of nitrogens with two attached hydrogens (primary N) is 1. The van der Waals surface area contributed by atoms with Crippen molar-refractivity contribution in [1.82, 2.24) is 14.9 Å². The fourth-order valence-electron chi connectivity index (χ4n) is 3.54. The molecule has 3 N–H and O–H groups in total. The van der Waals surface area contributed by atoms with Crippen LogP contribution in [0.4, 0.5) is 11.8 Å². The summed E-state index contributed by atoms with van der Waals surface area (Å²) >= 11 is 0. The number of anilines is 2. The molecule has 1 aromatic heterocycles. The summed E-state index contributed by atoms with van der Waals surface area (Å²) in [6, 6.07) is 7.99. The lowest BCUT2D eigenvalue weighted by Gasteiger charge is -2.15. The molecular formula is C19H23N5O2. The highest BCUT2D eigenvalue weighted by Gasteiger charge is 2.20. The number of ether oxygens (including phenoxy) is 1. The first-order valence-electron chi connectivity index (χ1n) is 9.12. The number of nitrogen functional groups attached to an aromatic ring is 1. The SMILES string of the molecule is Nc1nc(NCCCN2CCCC2=O)cc(-c2cccc3c2OCC3)n1. The van der Waals surface area contributed by atoms with Crippen molar-refractivity contribution in [2.75, 3.05) is 37.3 Å². The number of hydrogen-bond acceptors (Lipinski definition) is 6. The van der Waals surface area contributed by atoms with Gasteiger partial charge < -0.3 is 20.7 Å². The minimum Gasteiger partial charge on any atom is -0.492 e. The van der Waals surface area contributed by atoms with E-state index in [0.717, 1.165) is 55.9 Å². The third-order valence-corrected chi connectivity index (χ3v) is 4.82. The van der Waals surface area contributed by atoms with Gasteiger partial charge >= 0.3 is 0 Å². The number of likely N-dealkylation sites (tertiary alicyclic amines) is 1. The molecule has 136 valence electrons. The zero-order valence-corrected chi connectivity index (χ0v) is 14.7. The number of para-hydroxylation sites is 1. The summed E-state index contributed by atoms with van der Waals surface area (Å²) in [7, 11) is 0. The molecule has 1 amide bonds. The molecule has 7 nitrogen and oxygen atoms in total. The summed E-state index contributed by atoms with van der Waals surface area (Å²) in [4.78, 5) is 22.2. The van der Waals surface area contributed by atoms with Crippen LogP contribution in [-0.2, 0) is 11.2 Å². The molecule has 2 aliphatic rings. The average Bonchev–Trinajstić information content (AvgIpc) is 3.27. The number of carbonyl (C=O) groups excluding carboxylic acids is 1. The van der Waals surface area contributed by atoms with Crippen LogP contribution in [0.15, 0.2) is 24.3 Å². The van der Waals surface area contributed by atoms with Gasteiger partial charge in [-0.05, 0) is 24.5 Å². The number of nitrogens with zero attached hydrogens (tertiary/aromatic N) is 3. The molecule has 0 spiro atoms. The maximum absolute atomic E-state index is 11.6. The Morgan fingerprint density at radius 1 is 1.27 bits per heavy atom. The molecule has 0 saturated carbocycles. The summed E-state index contributed by atoms with van der Waals surface area (Å²) < 4.78 is 5.77. The molecule has 0 radical (unpaired) electrons. The highest BCUT2D eigenvalue weighted by molar-refractivity contribution is 5.78. The zero-order chi connectivity index (χ0) is 17.9. The monoisotopic (exact) mass is 353 g/mol. The van der Waals surface area contributed by atoms with Crippen LogP contribution in [0.25, 0.3) is 11.3 Å². The van der Waals surface area contributed by atoms with Crippen molar-refractivity contribution in [3.63, 3.8) is 0 Å². The molecule has 0 bridgehead atoms. The van der Waals surface area contributed by atoms with E-state index in [9.17, 15) is 4.79 Å². The molecule has 0 unspecified atom stereocenters. The summed E-state index contributed by atoms with van der Waals surface area (Å²) in [5.74, 6) is 2.08. The van der Waals surface area contributed by atoms with Gasteiger partial charge in [0.05, 0.1) is 12.3 Å². The number of fused-ring (bicyclic) bond motifs is 1. The lowest BCUT2D eigenvalue weighted by molar-refractivity contribution is -0.127. The molecule has 2 aliphatic heterocycles. The number of aromatic nitrogens is 2. The second-order valence-electron chi connectivity index (χ2n) is 6.65. The van der Waals surface area contributed by atoms with Crippen LogP contribution in [-0.4, -0.2) is 47.0 Å². The Morgan fingerprint density at radius 3 is 3.04 bits per heavy atom. The number of amides is 1. The van der Waals surface area contributed by atoms with Crippen LogP contribution in [0.5, 0.6) is 5.75 Å². The van der Waals surface area contributed by atoms with Crippen LogP contribution >= 0.6 is 0 Å². The van der Waals surface area contributed by atoms with E-state index in [0.29, 0.717) is 18.8 Å². The van der Waals surface area contributed by atoms with Gasteiger partial charge in [-0.25, -0.2) is 4.98 Å². The molecule has 1 fully saturated rings. The molecule has 7 heteroatoms. The van der Waals surface area contributed by atoms with E-state index in [4.69, 9.17) is 10.5 Å². The van der Waals surface area contributed by atoms with E-state index in [1.54, 1.807) is 0 Å². The third-order valence-electron chi connectivity index (χ3n) is 4.82. The fourth-order valence-corrected chi connectivity index (χ4v) is 3.54. The van der Waals surface area contributed by atoms with Crippen LogP contribution < -0.4 is 15.8 Å². The number of carbonyl (C=O) groups is 1. The standard InChI is InChI=1S/C19H23N5O2/c20-19-22-15(14-5-1-4-13-7-11-26-18(13)14)12-16(23-19)21-8-3-10-24-9-2-6-17(24)25/h1,4-5,12H,2-3,6-11H2,(H3,20,21,22,23).